The SMILES string of the molecule is Cc1nc(C(=O)N2C3CCC2c2nn(C)c(-c4cc(F)c(F)c(F)c4)c2C3)c(C(F)(F)F)[nH]1. The topological polar surface area (TPSA) is 66.8 Å². The molecule has 33 heavy (non-hydrogen) atoms. The van der Waals surface area contributed by atoms with Crippen LogP contribution in [0.1, 0.15) is 52.1 Å². The second-order valence-corrected chi connectivity index (χ2v) is 8.30. The smallest absolute Gasteiger partial charge is 0.338 e. The van der Waals surface area contributed by atoms with E-state index in [0.717, 1.165) is 12.1 Å². The summed E-state index contributed by atoms with van der Waals surface area (Å²) in [6, 6.07) is 0.694. The summed E-state index contributed by atoms with van der Waals surface area (Å²) in [5.41, 5.74) is -0.356. The fourth-order valence-electron chi connectivity index (χ4n) is 4.98. The van der Waals surface area contributed by atoms with Gasteiger partial charge in [0.05, 0.1) is 17.4 Å². The monoisotopic (exact) mass is 469 g/mol. The number of H-pyrrole nitrogens is 1. The van der Waals surface area contributed by atoms with E-state index in [1.807, 2.05) is 0 Å². The van der Waals surface area contributed by atoms with Crippen LogP contribution in [0.15, 0.2) is 12.1 Å². The van der Waals surface area contributed by atoms with E-state index < -0.39 is 53.0 Å². The Morgan fingerprint density at radius 1 is 1.15 bits per heavy atom. The predicted octanol–water partition coefficient (Wildman–Crippen LogP) is 4.46. The molecule has 174 valence electrons. The Hall–Kier alpha value is -3.31. The number of benzene rings is 1. The first-order chi connectivity index (χ1) is 15.5. The first kappa shape index (κ1) is 21.5. The molecular formula is C21H17F6N5O. The quantitative estimate of drug-likeness (QED) is 0.445. The number of carbonyl (C=O) groups is 1. The van der Waals surface area contributed by atoms with Crippen molar-refractivity contribution in [2.24, 2.45) is 7.05 Å². The summed E-state index contributed by atoms with van der Waals surface area (Å²) < 4.78 is 82.8. The first-order valence-electron chi connectivity index (χ1n) is 10.1. The lowest BCUT2D eigenvalue weighted by Gasteiger charge is -2.34. The van der Waals surface area contributed by atoms with Crippen molar-refractivity contribution in [1.29, 1.82) is 0 Å². The predicted molar refractivity (Wildman–Crippen MR) is 102 cm³/mol. The number of rotatable bonds is 2. The second-order valence-electron chi connectivity index (χ2n) is 8.30. The zero-order valence-corrected chi connectivity index (χ0v) is 17.4. The molecular weight excluding hydrogens is 452 g/mol. The van der Waals surface area contributed by atoms with Crippen LogP contribution in [0, 0.1) is 24.4 Å². The number of nitrogens with one attached hydrogen (secondary N) is 1. The van der Waals surface area contributed by atoms with Gasteiger partial charge in [0.2, 0.25) is 0 Å². The molecule has 3 aromatic rings. The van der Waals surface area contributed by atoms with Gasteiger partial charge in [-0.15, -0.1) is 0 Å². The molecule has 2 unspecified atom stereocenters. The highest BCUT2D eigenvalue weighted by Crippen LogP contribution is 2.47. The van der Waals surface area contributed by atoms with Crippen molar-refractivity contribution in [1.82, 2.24) is 24.6 Å². The molecule has 2 aliphatic heterocycles. The number of aryl methyl sites for hydroxylation is 2. The average molecular weight is 469 g/mol. The molecule has 0 radical (unpaired) electrons. The molecule has 1 N–H and O–H groups in total. The van der Waals surface area contributed by atoms with E-state index in [0.29, 0.717) is 29.8 Å². The summed E-state index contributed by atoms with van der Waals surface area (Å²) >= 11 is 0. The molecule has 0 spiro atoms. The van der Waals surface area contributed by atoms with Crippen molar-refractivity contribution in [3.8, 4) is 11.3 Å². The second kappa shape index (κ2) is 7.09. The number of imidazole rings is 1. The molecule has 0 saturated carbocycles. The third kappa shape index (κ3) is 3.22. The van der Waals surface area contributed by atoms with Gasteiger partial charge in [-0.05, 0) is 38.3 Å². The summed E-state index contributed by atoms with van der Waals surface area (Å²) in [7, 11) is 1.55. The van der Waals surface area contributed by atoms with Gasteiger partial charge in [0.25, 0.3) is 5.91 Å². The van der Waals surface area contributed by atoms with E-state index in [9.17, 15) is 31.1 Å². The maximum absolute atomic E-state index is 13.9. The molecule has 2 bridgehead atoms. The Kier molecular flexibility index (Phi) is 4.63. The summed E-state index contributed by atoms with van der Waals surface area (Å²) in [4.78, 5) is 20.5. The van der Waals surface area contributed by atoms with E-state index >= 15 is 0 Å². The van der Waals surface area contributed by atoms with E-state index in [-0.39, 0.29) is 17.8 Å². The largest absolute Gasteiger partial charge is 0.433 e. The lowest BCUT2D eigenvalue weighted by Crippen LogP contribution is -2.42. The molecule has 2 atom stereocenters. The first-order valence-corrected chi connectivity index (χ1v) is 10.1. The van der Waals surface area contributed by atoms with E-state index in [1.54, 1.807) is 7.05 Å². The Labute approximate surface area is 183 Å². The third-order valence-electron chi connectivity index (χ3n) is 6.23. The minimum atomic E-state index is -4.78. The summed E-state index contributed by atoms with van der Waals surface area (Å²) in [5, 5.41) is 4.42. The minimum absolute atomic E-state index is 0.0313. The van der Waals surface area contributed by atoms with Crippen LogP contribution in [-0.4, -0.2) is 36.6 Å². The van der Waals surface area contributed by atoms with Crippen molar-refractivity contribution in [2.45, 2.75) is 44.4 Å². The van der Waals surface area contributed by atoms with Crippen LogP contribution in [0.3, 0.4) is 0 Å². The third-order valence-corrected chi connectivity index (χ3v) is 6.23. The molecule has 6 nitrogen and oxygen atoms in total. The Balaban J connectivity index is 1.57. The number of carbonyl (C=O) groups excluding carboxylic acids is 1. The zero-order valence-electron chi connectivity index (χ0n) is 17.4. The van der Waals surface area contributed by atoms with Crippen molar-refractivity contribution < 1.29 is 31.1 Å². The van der Waals surface area contributed by atoms with Gasteiger partial charge in [0.15, 0.2) is 28.8 Å². The summed E-state index contributed by atoms with van der Waals surface area (Å²) in [6.07, 6.45) is -3.56. The molecule has 2 aliphatic rings. The molecule has 5 rings (SSSR count). The molecule has 4 heterocycles. The van der Waals surface area contributed by atoms with Crippen LogP contribution in [-0.2, 0) is 19.6 Å². The standard InChI is InChI=1S/C21H17F6N5O/c1-8-28-17(19(29-8)21(25,26)27)20(33)32-10-3-4-14(32)16-11(7-10)18(31(2)30-16)9-5-12(22)15(24)13(23)6-9/h5-6,10,14H,3-4,7H2,1-2H3,(H,28,29). The van der Waals surface area contributed by atoms with Crippen LogP contribution in [0.2, 0.25) is 0 Å². The number of aromatic nitrogens is 4. The van der Waals surface area contributed by atoms with Crippen molar-refractivity contribution in [2.75, 3.05) is 0 Å². The van der Waals surface area contributed by atoms with E-state index in [4.69, 9.17) is 0 Å². The number of fused-ring (bicyclic) bond motifs is 4. The maximum atomic E-state index is 13.9. The lowest BCUT2D eigenvalue weighted by atomic mass is 9.94. The summed E-state index contributed by atoms with van der Waals surface area (Å²) in [6.45, 7) is 1.33. The minimum Gasteiger partial charge on any atom is -0.338 e. The van der Waals surface area contributed by atoms with Gasteiger partial charge in [-0.25, -0.2) is 18.2 Å². The molecule has 1 fully saturated rings. The highest BCUT2D eigenvalue weighted by Gasteiger charge is 2.48. The van der Waals surface area contributed by atoms with Gasteiger partial charge in [-0.1, -0.05) is 0 Å². The number of aromatic amines is 1. The van der Waals surface area contributed by atoms with Crippen molar-refractivity contribution in [3.05, 3.63) is 58.1 Å². The fourth-order valence-corrected chi connectivity index (χ4v) is 4.98. The average Bonchev–Trinajstić information content (AvgIpc) is 3.38. The van der Waals surface area contributed by atoms with Crippen LogP contribution in [0.4, 0.5) is 26.3 Å². The van der Waals surface area contributed by atoms with E-state index in [2.05, 4.69) is 15.1 Å². The number of alkyl halides is 3. The molecule has 12 heteroatoms. The zero-order chi connectivity index (χ0) is 23.8. The van der Waals surface area contributed by atoms with Crippen LogP contribution >= 0.6 is 0 Å². The molecule has 0 aliphatic carbocycles. The highest BCUT2D eigenvalue weighted by atomic mass is 19.4. The highest BCUT2D eigenvalue weighted by molar-refractivity contribution is 5.95. The number of halogens is 6. The Bertz CT molecular complexity index is 1270. The number of amides is 1. The molecule has 2 aromatic heterocycles. The van der Waals surface area contributed by atoms with Gasteiger partial charge < -0.3 is 9.88 Å². The van der Waals surface area contributed by atoms with Crippen molar-refractivity contribution in [3.63, 3.8) is 0 Å². The Morgan fingerprint density at radius 2 is 1.82 bits per heavy atom. The van der Waals surface area contributed by atoms with Crippen molar-refractivity contribution >= 4 is 5.91 Å². The Morgan fingerprint density at radius 3 is 2.45 bits per heavy atom. The van der Waals surface area contributed by atoms with Gasteiger partial charge in [-0.2, -0.15) is 18.3 Å². The molecule has 1 amide bonds. The lowest BCUT2D eigenvalue weighted by molar-refractivity contribution is -0.141. The van der Waals surface area contributed by atoms with Crippen LogP contribution in [0.5, 0.6) is 0 Å². The summed E-state index contributed by atoms with van der Waals surface area (Å²) in [5.74, 6) is -5.15. The van der Waals surface area contributed by atoms with Gasteiger partial charge >= 0.3 is 6.18 Å². The molecule has 1 aromatic carbocycles. The van der Waals surface area contributed by atoms with Crippen LogP contribution < -0.4 is 0 Å². The van der Waals surface area contributed by atoms with Gasteiger partial charge in [0.1, 0.15) is 5.82 Å². The number of hydrogen-bond acceptors (Lipinski definition) is 3. The number of nitrogens with zero attached hydrogens (tertiary/aromatic N) is 4. The maximum Gasteiger partial charge on any atom is 0.433 e. The molecule has 1 saturated heterocycles. The van der Waals surface area contributed by atoms with E-state index in [1.165, 1.54) is 16.5 Å². The van der Waals surface area contributed by atoms with Gasteiger partial charge in [0, 0.05) is 24.2 Å². The van der Waals surface area contributed by atoms with Gasteiger partial charge in [-0.3, -0.25) is 9.48 Å². The van der Waals surface area contributed by atoms with Crippen LogP contribution in [0.25, 0.3) is 11.3 Å². The number of hydrogen-bond donors (Lipinski definition) is 1. The fraction of sp³-hybridized carbons (Fsp3) is 0.381. The normalized spacial score (nSPS) is 19.8.